The van der Waals surface area contributed by atoms with Gasteiger partial charge < -0.3 is 4.90 Å². The van der Waals surface area contributed by atoms with E-state index in [1.165, 1.54) is 4.31 Å². The standard InChI is InChI=1S/C11H24ClN3O2S/c1-11(2)13(3)18(16,17)15-7-4-6-14(8-5-12)9-10-15/h11H,4-10H2,1-3H3. The van der Waals surface area contributed by atoms with Gasteiger partial charge in [-0.05, 0) is 26.8 Å². The first-order chi connectivity index (χ1) is 8.39. The van der Waals surface area contributed by atoms with Crippen molar-refractivity contribution in [2.24, 2.45) is 0 Å². The Balaban J connectivity index is 2.67. The van der Waals surface area contributed by atoms with Crippen LogP contribution < -0.4 is 0 Å². The molecule has 0 N–H and O–H groups in total. The maximum atomic E-state index is 12.4. The van der Waals surface area contributed by atoms with Gasteiger partial charge in [0.2, 0.25) is 0 Å². The van der Waals surface area contributed by atoms with Gasteiger partial charge in [0.15, 0.2) is 0 Å². The van der Waals surface area contributed by atoms with Crippen LogP contribution in [0, 0.1) is 0 Å². The molecule has 0 spiro atoms. The summed E-state index contributed by atoms with van der Waals surface area (Å²) in [4.78, 5) is 2.22. The molecule has 0 atom stereocenters. The van der Waals surface area contributed by atoms with Gasteiger partial charge in [0.05, 0.1) is 0 Å². The monoisotopic (exact) mass is 297 g/mol. The van der Waals surface area contributed by atoms with Gasteiger partial charge >= 0.3 is 0 Å². The molecule has 1 fully saturated rings. The molecule has 0 saturated carbocycles. The van der Waals surface area contributed by atoms with Crippen LogP contribution in [0.2, 0.25) is 0 Å². The number of rotatable bonds is 5. The first-order valence-electron chi connectivity index (χ1n) is 6.41. The van der Waals surface area contributed by atoms with E-state index in [1.54, 1.807) is 11.4 Å². The number of halogens is 1. The van der Waals surface area contributed by atoms with Crippen LogP contribution in [-0.2, 0) is 10.2 Å². The minimum absolute atomic E-state index is 0.0165. The van der Waals surface area contributed by atoms with Gasteiger partial charge in [-0.15, -0.1) is 11.6 Å². The topological polar surface area (TPSA) is 43.9 Å². The van der Waals surface area contributed by atoms with E-state index in [9.17, 15) is 8.42 Å². The van der Waals surface area contributed by atoms with Crippen molar-refractivity contribution < 1.29 is 8.42 Å². The van der Waals surface area contributed by atoms with Crippen LogP contribution >= 0.6 is 11.6 Å². The van der Waals surface area contributed by atoms with Crippen LogP contribution in [0.3, 0.4) is 0 Å². The van der Waals surface area contributed by atoms with Crippen LogP contribution in [0.4, 0.5) is 0 Å². The van der Waals surface area contributed by atoms with Crippen molar-refractivity contribution in [2.45, 2.75) is 26.3 Å². The van der Waals surface area contributed by atoms with Crippen molar-refractivity contribution >= 4 is 21.8 Å². The predicted octanol–water partition coefficient (Wildman–Crippen LogP) is 0.818. The lowest BCUT2D eigenvalue weighted by molar-refractivity contribution is 0.297. The van der Waals surface area contributed by atoms with Crippen molar-refractivity contribution in [3.63, 3.8) is 0 Å². The van der Waals surface area contributed by atoms with E-state index in [1.807, 2.05) is 13.8 Å². The minimum atomic E-state index is -3.32. The molecular formula is C11H24ClN3O2S. The highest BCUT2D eigenvalue weighted by Crippen LogP contribution is 2.13. The van der Waals surface area contributed by atoms with E-state index < -0.39 is 10.2 Å². The van der Waals surface area contributed by atoms with Crippen molar-refractivity contribution in [3.8, 4) is 0 Å². The van der Waals surface area contributed by atoms with E-state index in [-0.39, 0.29) is 6.04 Å². The number of alkyl halides is 1. The molecule has 5 nitrogen and oxygen atoms in total. The molecule has 0 aromatic heterocycles. The Morgan fingerprint density at radius 2 is 1.89 bits per heavy atom. The number of hydrogen-bond donors (Lipinski definition) is 0. The highest BCUT2D eigenvalue weighted by molar-refractivity contribution is 7.86. The largest absolute Gasteiger partial charge is 0.301 e. The summed E-state index contributed by atoms with van der Waals surface area (Å²) in [5.74, 6) is 0.596. The zero-order valence-electron chi connectivity index (χ0n) is 11.5. The lowest BCUT2D eigenvalue weighted by Gasteiger charge is -2.28. The normalized spacial score (nSPS) is 20.6. The van der Waals surface area contributed by atoms with Crippen molar-refractivity contribution in [1.29, 1.82) is 0 Å². The molecule has 1 aliphatic heterocycles. The molecule has 0 unspecified atom stereocenters. The maximum Gasteiger partial charge on any atom is 0.282 e. The molecule has 1 aliphatic rings. The van der Waals surface area contributed by atoms with Gasteiger partial charge in [0.1, 0.15) is 0 Å². The van der Waals surface area contributed by atoms with Crippen molar-refractivity contribution in [1.82, 2.24) is 13.5 Å². The molecule has 7 heteroatoms. The summed E-state index contributed by atoms with van der Waals surface area (Å²) >= 11 is 5.72. The molecule has 108 valence electrons. The molecule has 0 aliphatic carbocycles. The van der Waals surface area contributed by atoms with Gasteiger partial charge in [0, 0.05) is 45.1 Å². The molecule has 1 heterocycles. The molecule has 0 aromatic carbocycles. The first kappa shape index (κ1) is 16.2. The van der Waals surface area contributed by atoms with Gasteiger partial charge in [0.25, 0.3) is 10.2 Å². The van der Waals surface area contributed by atoms with Crippen molar-refractivity contribution in [2.75, 3.05) is 45.7 Å². The first-order valence-corrected chi connectivity index (χ1v) is 8.34. The quantitative estimate of drug-likeness (QED) is 0.706. The van der Waals surface area contributed by atoms with Crippen LogP contribution in [0.15, 0.2) is 0 Å². The molecule has 1 saturated heterocycles. The van der Waals surface area contributed by atoms with Crippen LogP contribution in [-0.4, -0.2) is 73.6 Å². The smallest absolute Gasteiger partial charge is 0.282 e. The van der Waals surface area contributed by atoms with E-state index in [4.69, 9.17) is 11.6 Å². The molecule has 0 amide bonds. The van der Waals surface area contributed by atoms with Crippen LogP contribution in [0.25, 0.3) is 0 Å². The Morgan fingerprint density at radius 1 is 1.22 bits per heavy atom. The zero-order chi connectivity index (χ0) is 13.8. The molecule has 0 radical (unpaired) electrons. The second-order valence-corrected chi connectivity index (χ2v) is 7.27. The van der Waals surface area contributed by atoms with Gasteiger partial charge in [-0.25, -0.2) is 0 Å². The second kappa shape index (κ2) is 7.05. The SMILES string of the molecule is CC(C)N(C)S(=O)(=O)N1CCCN(CCCl)CC1. The lowest BCUT2D eigenvalue weighted by atomic mass is 10.4. The fraction of sp³-hybridized carbons (Fsp3) is 1.00. The average Bonchev–Trinajstić information content (AvgIpc) is 2.54. The van der Waals surface area contributed by atoms with E-state index in [0.717, 1.165) is 26.1 Å². The third-order valence-electron chi connectivity index (χ3n) is 3.37. The second-order valence-electron chi connectivity index (χ2n) is 4.90. The molecule has 1 rings (SSSR count). The van der Waals surface area contributed by atoms with Gasteiger partial charge in [-0.3, -0.25) is 0 Å². The number of nitrogens with zero attached hydrogens (tertiary/aromatic N) is 3. The van der Waals surface area contributed by atoms with Gasteiger partial charge in [-0.1, -0.05) is 0 Å². The Labute approximate surface area is 116 Å². The Hall–Kier alpha value is 0.120. The Morgan fingerprint density at radius 3 is 2.44 bits per heavy atom. The number of hydrogen-bond acceptors (Lipinski definition) is 3. The Kier molecular flexibility index (Phi) is 6.34. The highest BCUT2D eigenvalue weighted by atomic mass is 35.5. The fourth-order valence-electron chi connectivity index (χ4n) is 1.97. The van der Waals surface area contributed by atoms with Gasteiger partial charge in [-0.2, -0.15) is 17.0 Å². The molecular weight excluding hydrogens is 274 g/mol. The summed E-state index contributed by atoms with van der Waals surface area (Å²) in [7, 11) is -1.68. The third-order valence-corrected chi connectivity index (χ3v) is 5.70. The zero-order valence-corrected chi connectivity index (χ0v) is 13.0. The van der Waals surface area contributed by atoms with E-state index in [2.05, 4.69) is 4.90 Å². The molecule has 0 bridgehead atoms. The summed E-state index contributed by atoms with van der Waals surface area (Å²) < 4.78 is 27.7. The maximum absolute atomic E-state index is 12.4. The lowest BCUT2D eigenvalue weighted by Crippen LogP contribution is -2.46. The molecule has 0 aromatic rings. The summed E-state index contributed by atoms with van der Waals surface area (Å²) in [5.41, 5.74) is 0. The summed E-state index contributed by atoms with van der Waals surface area (Å²) in [6, 6.07) is -0.0165. The van der Waals surface area contributed by atoms with Crippen LogP contribution in [0.5, 0.6) is 0 Å². The summed E-state index contributed by atoms with van der Waals surface area (Å²) in [6.45, 7) is 7.43. The predicted molar refractivity (Wildman–Crippen MR) is 75.2 cm³/mol. The summed E-state index contributed by atoms with van der Waals surface area (Å²) in [5, 5.41) is 0. The summed E-state index contributed by atoms with van der Waals surface area (Å²) in [6.07, 6.45) is 0.863. The fourth-order valence-corrected chi connectivity index (χ4v) is 3.78. The third kappa shape index (κ3) is 4.06. The Bertz CT molecular complexity index is 348. The van der Waals surface area contributed by atoms with E-state index in [0.29, 0.717) is 19.0 Å². The van der Waals surface area contributed by atoms with Crippen LogP contribution in [0.1, 0.15) is 20.3 Å². The molecule has 18 heavy (non-hydrogen) atoms. The minimum Gasteiger partial charge on any atom is -0.301 e. The highest BCUT2D eigenvalue weighted by Gasteiger charge is 2.29. The average molecular weight is 298 g/mol. The van der Waals surface area contributed by atoms with E-state index >= 15 is 0 Å². The van der Waals surface area contributed by atoms with Crippen molar-refractivity contribution in [3.05, 3.63) is 0 Å².